The van der Waals surface area contributed by atoms with Crippen molar-refractivity contribution in [2.75, 3.05) is 17.2 Å². The van der Waals surface area contributed by atoms with Gasteiger partial charge in [-0.1, -0.05) is 6.08 Å². The summed E-state index contributed by atoms with van der Waals surface area (Å²) in [5, 5.41) is 5.80. The SMILES string of the molecule is C=CCNc1cc(C(=O)Nc2ccc(OC(C)C)cc2)ncn1. The first-order chi connectivity index (χ1) is 11.1. The fourth-order valence-corrected chi connectivity index (χ4v) is 1.84. The number of aromatic nitrogens is 2. The van der Waals surface area contributed by atoms with E-state index in [1.165, 1.54) is 6.33 Å². The lowest BCUT2D eigenvalue weighted by atomic mass is 10.2. The van der Waals surface area contributed by atoms with E-state index in [0.29, 0.717) is 18.1 Å². The molecule has 0 aliphatic heterocycles. The third-order valence-corrected chi connectivity index (χ3v) is 2.81. The monoisotopic (exact) mass is 312 g/mol. The quantitative estimate of drug-likeness (QED) is 0.768. The zero-order valence-corrected chi connectivity index (χ0v) is 13.2. The molecule has 23 heavy (non-hydrogen) atoms. The molecule has 1 amide bonds. The van der Waals surface area contributed by atoms with Crippen LogP contribution in [0.4, 0.5) is 11.5 Å². The highest BCUT2D eigenvalue weighted by Gasteiger charge is 2.09. The standard InChI is InChI=1S/C17H20N4O2/c1-4-9-18-16-10-15(19-11-20-16)17(22)21-13-5-7-14(8-6-13)23-12(2)3/h4-8,10-12H,1,9H2,2-3H3,(H,21,22)(H,18,19,20). The summed E-state index contributed by atoms with van der Waals surface area (Å²) in [4.78, 5) is 20.2. The van der Waals surface area contributed by atoms with Crippen LogP contribution >= 0.6 is 0 Å². The average Bonchev–Trinajstić information content (AvgIpc) is 2.54. The molecule has 2 aromatic rings. The molecule has 0 aliphatic carbocycles. The summed E-state index contributed by atoms with van der Waals surface area (Å²) >= 11 is 0. The number of benzene rings is 1. The van der Waals surface area contributed by atoms with Gasteiger partial charge in [0.05, 0.1) is 6.10 Å². The fraction of sp³-hybridized carbons (Fsp3) is 0.235. The maximum absolute atomic E-state index is 12.2. The molecule has 0 atom stereocenters. The van der Waals surface area contributed by atoms with E-state index in [4.69, 9.17) is 4.74 Å². The van der Waals surface area contributed by atoms with Gasteiger partial charge < -0.3 is 15.4 Å². The summed E-state index contributed by atoms with van der Waals surface area (Å²) in [6.07, 6.45) is 3.17. The van der Waals surface area contributed by atoms with Gasteiger partial charge >= 0.3 is 0 Å². The molecule has 0 spiro atoms. The highest BCUT2D eigenvalue weighted by molar-refractivity contribution is 6.03. The molecule has 1 aromatic carbocycles. The lowest BCUT2D eigenvalue weighted by molar-refractivity contribution is 0.102. The molecule has 6 nitrogen and oxygen atoms in total. The van der Waals surface area contributed by atoms with Gasteiger partial charge in [0.25, 0.3) is 5.91 Å². The molecule has 0 radical (unpaired) electrons. The Labute approximate surface area is 135 Å². The number of nitrogens with zero attached hydrogens (tertiary/aromatic N) is 2. The molecule has 0 fully saturated rings. The highest BCUT2D eigenvalue weighted by atomic mass is 16.5. The number of carbonyl (C=O) groups is 1. The summed E-state index contributed by atoms with van der Waals surface area (Å²) in [6, 6.07) is 8.79. The predicted molar refractivity (Wildman–Crippen MR) is 90.9 cm³/mol. The molecular weight excluding hydrogens is 292 g/mol. The number of anilines is 2. The minimum absolute atomic E-state index is 0.109. The Kier molecular flexibility index (Phi) is 5.68. The number of hydrogen-bond donors (Lipinski definition) is 2. The van der Waals surface area contributed by atoms with E-state index in [-0.39, 0.29) is 17.7 Å². The number of nitrogens with one attached hydrogen (secondary N) is 2. The van der Waals surface area contributed by atoms with Crippen molar-refractivity contribution >= 4 is 17.4 Å². The normalized spacial score (nSPS) is 10.2. The van der Waals surface area contributed by atoms with Crippen LogP contribution in [0.3, 0.4) is 0 Å². The minimum Gasteiger partial charge on any atom is -0.491 e. The molecule has 1 aromatic heterocycles. The first-order valence-corrected chi connectivity index (χ1v) is 7.33. The number of rotatable bonds is 7. The summed E-state index contributed by atoms with van der Waals surface area (Å²) in [7, 11) is 0. The van der Waals surface area contributed by atoms with Crippen LogP contribution in [0.5, 0.6) is 5.75 Å². The van der Waals surface area contributed by atoms with Gasteiger partial charge in [-0.15, -0.1) is 6.58 Å². The number of amides is 1. The Morgan fingerprint density at radius 1 is 1.30 bits per heavy atom. The molecule has 2 rings (SSSR count). The third kappa shape index (κ3) is 5.10. The molecule has 0 unspecified atom stereocenters. The van der Waals surface area contributed by atoms with Crippen molar-refractivity contribution in [2.24, 2.45) is 0 Å². The predicted octanol–water partition coefficient (Wildman–Crippen LogP) is 3.11. The second-order valence-corrected chi connectivity index (χ2v) is 5.10. The van der Waals surface area contributed by atoms with Crippen molar-refractivity contribution in [3.05, 3.63) is 55.0 Å². The van der Waals surface area contributed by atoms with Crippen LogP contribution in [0.1, 0.15) is 24.3 Å². The van der Waals surface area contributed by atoms with E-state index in [1.807, 2.05) is 26.0 Å². The van der Waals surface area contributed by atoms with E-state index in [1.54, 1.807) is 24.3 Å². The second kappa shape index (κ2) is 7.93. The zero-order valence-electron chi connectivity index (χ0n) is 13.2. The largest absolute Gasteiger partial charge is 0.491 e. The molecule has 2 N–H and O–H groups in total. The van der Waals surface area contributed by atoms with Gasteiger partial charge in [-0.2, -0.15) is 0 Å². The Morgan fingerprint density at radius 3 is 2.70 bits per heavy atom. The molecule has 0 saturated carbocycles. The Balaban J connectivity index is 2.02. The fourth-order valence-electron chi connectivity index (χ4n) is 1.84. The Bertz CT molecular complexity index is 669. The first-order valence-electron chi connectivity index (χ1n) is 7.33. The van der Waals surface area contributed by atoms with E-state index in [2.05, 4.69) is 27.2 Å². The van der Waals surface area contributed by atoms with Crippen molar-refractivity contribution < 1.29 is 9.53 Å². The van der Waals surface area contributed by atoms with Gasteiger partial charge in [0.1, 0.15) is 23.6 Å². The molecular formula is C17H20N4O2. The van der Waals surface area contributed by atoms with Crippen LogP contribution in [0.15, 0.2) is 49.3 Å². The van der Waals surface area contributed by atoms with E-state index < -0.39 is 0 Å². The van der Waals surface area contributed by atoms with E-state index >= 15 is 0 Å². The van der Waals surface area contributed by atoms with Crippen molar-refractivity contribution in [1.82, 2.24) is 9.97 Å². The number of ether oxygens (including phenoxy) is 1. The maximum atomic E-state index is 12.2. The van der Waals surface area contributed by atoms with Gasteiger partial charge in [0.15, 0.2) is 0 Å². The van der Waals surface area contributed by atoms with Crippen LogP contribution in [0.25, 0.3) is 0 Å². The molecule has 1 heterocycles. The summed E-state index contributed by atoms with van der Waals surface area (Å²) in [5.41, 5.74) is 0.958. The average molecular weight is 312 g/mol. The van der Waals surface area contributed by atoms with Gasteiger partial charge in [-0.3, -0.25) is 4.79 Å². The van der Waals surface area contributed by atoms with Crippen molar-refractivity contribution in [1.29, 1.82) is 0 Å². The Hall–Kier alpha value is -2.89. The van der Waals surface area contributed by atoms with Crippen LogP contribution < -0.4 is 15.4 Å². The lowest BCUT2D eigenvalue weighted by Crippen LogP contribution is -2.14. The number of hydrogen-bond acceptors (Lipinski definition) is 5. The van der Waals surface area contributed by atoms with Crippen molar-refractivity contribution in [2.45, 2.75) is 20.0 Å². The third-order valence-electron chi connectivity index (χ3n) is 2.81. The van der Waals surface area contributed by atoms with E-state index in [0.717, 1.165) is 5.75 Å². The molecule has 120 valence electrons. The van der Waals surface area contributed by atoms with Crippen molar-refractivity contribution in [3.63, 3.8) is 0 Å². The smallest absolute Gasteiger partial charge is 0.274 e. The summed E-state index contributed by atoms with van der Waals surface area (Å²) in [6.45, 7) is 8.11. The summed E-state index contributed by atoms with van der Waals surface area (Å²) < 4.78 is 5.56. The molecule has 0 aliphatic rings. The van der Waals surface area contributed by atoms with E-state index in [9.17, 15) is 4.79 Å². The van der Waals surface area contributed by atoms with Crippen LogP contribution in [-0.2, 0) is 0 Å². The lowest BCUT2D eigenvalue weighted by Gasteiger charge is -2.10. The van der Waals surface area contributed by atoms with Crippen LogP contribution in [0, 0.1) is 0 Å². The summed E-state index contributed by atoms with van der Waals surface area (Å²) in [5.74, 6) is 1.04. The topological polar surface area (TPSA) is 76.1 Å². The molecule has 0 saturated heterocycles. The van der Waals surface area contributed by atoms with Gasteiger partial charge in [-0.25, -0.2) is 9.97 Å². The maximum Gasteiger partial charge on any atom is 0.274 e. The van der Waals surface area contributed by atoms with Gasteiger partial charge in [0, 0.05) is 18.3 Å². The van der Waals surface area contributed by atoms with Gasteiger partial charge in [0.2, 0.25) is 0 Å². The zero-order chi connectivity index (χ0) is 16.7. The van der Waals surface area contributed by atoms with Crippen LogP contribution in [0.2, 0.25) is 0 Å². The number of carbonyl (C=O) groups excluding carboxylic acids is 1. The minimum atomic E-state index is -0.299. The highest BCUT2D eigenvalue weighted by Crippen LogP contribution is 2.17. The molecule has 6 heteroatoms. The van der Waals surface area contributed by atoms with Gasteiger partial charge in [-0.05, 0) is 38.1 Å². The molecule has 0 bridgehead atoms. The van der Waals surface area contributed by atoms with Crippen molar-refractivity contribution in [3.8, 4) is 5.75 Å². The van der Waals surface area contributed by atoms with Crippen LogP contribution in [-0.4, -0.2) is 28.5 Å². The Morgan fingerprint density at radius 2 is 2.04 bits per heavy atom. The second-order valence-electron chi connectivity index (χ2n) is 5.10. The first kappa shape index (κ1) is 16.5.